The van der Waals surface area contributed by atoms with E-state index in [0.29, 0.717) is 23.0 Å². The molecular weight excluding hydrogens is 791 g/mol. The van der Waals surface area contributed by atoms with E-state index in [0.717, 1.165) is 35.6 Å². The molecule has 0 atom stereocenters. The zero-order chi connectivity index (χ0) is 34.3. The summed E-state index contributed by atoms with van der Waals surface area (Å²) in [5.41, 5.74) is 4.43. The van der Waals surface area contributed by atoms with Crippen molar-refractivity contribution in [3.8, 4) is 45.8 Å². The van der Waals surface area contributed by atoms with Gasteiger partial charge in [-0.1, -0.05) is 24.3 Å². The van der Waals surface area contributed by atoms with Crippen LogP contribution in [0, 0.1) is 40.4 Å². The molecule has 0 unspecified atom stereocenters. The molecule has 0 saturated heterocycles. The van der Waals surface area contributed by atoms with E-state index in [2.05, 4.69) is 61.2 Å². The summed E-state index contributed by atoms with van der Waals surface area (Å²) in [4.78, 5) is 47.3. The van der Waals surface area contributed by atoms with Crippen molar-refractivity contribution < 1.29 is 70.8 Å². The topological polar surface area (TPSA) is 304 Å². The van der Waals surface area contributed by atoms with Gasteiger partial charge in [0.2, 0.25) is 12.8 Å². The number of rotatable bonds is 6. The van der Waals surface area contributed by atoms with Gasteiger partial charge in [-0.05, 0) is 48.5 Å². The number of carbonyl (C=O) groups excluding carboxylic acids is 3. The number of nitrogens with zero attached hydrogens (tertiary/aromatic N) is 14. The fourth-order valence-electron chi connectivity index (χ4n) is 2.93. The maximum Gasteiger partial charge on any atom is 3.00 e. The Morgan fingerprint density at radius 1 is 0.560 bits per heavy atom. The Morgan fingerprint density at radius 3 is 1.14 bits per heavy atom. The van der Waals surface area contributed by atoms with Crippen LogP contribution in [-0.2, 0) is 25.3 Å². The maximum atomic E-state index is 9.43. The monoisotopic (exact) mass is 827 g/mol. The number of aromatic nitrogens is 12. The van der Waals surface area contributed by atoms with Crippen molar-refractivity contribution in [3.05, 3.63) is 85.2 Å². The molecule has 261 valence electrons. The summed E-state index contributed by atoms with van der Waals surface area (Å²) in [6.45, 7) is -0.500. The molecule has 20 nitrogen and oxygen atoms in total. The van der Waals surface area contributed by atoms with E-state index in [-0.39, 0.29) is 51.3 Å². The van der Waals surface area contributed by atoms with Crippen LogP contribution in [0.5, 0.6) is 0 Å². The summed E-state index contributed by atoms with van der Waals surface area (Å²) in [5.74, 6) is 0.838. The molecule has 50 heavy (non-hydrogen) atoms. The van der Waals surface area contributed by atoms with Gasteiger partial charge in [0.25, 0.3) is 0 Å². The van der Waals surface area contributed by atoms with Crippen LogP contribution in [0.1, 0.15) is 0 Å². The Morgan fingerprint density at radius 2 is 0.880 bits per heavy atom. The number of pyridine rings is 4. The van der Waals surface area contributed by atoms with Gasteiger partial charge in [0.05, 0.1) is 45.8 Å². The number of carboxylic acid groups (broad SMARTS) is 1. The normalized spacial score (nSPS) is 8.64. The van der Waals surface area contributed by atoms with Gasteiger partial charge >= 0.3 is 40.4 Å². The van der Waals surface area contributed by atoms with Crippen LogP contribution in [0.4, 0.5) is 0 Å². The third-order valence-corrected chi connectivity index (χ3v) is 4.87. The number of hydrogen-bond acceptors (Lipinski definition) is 14. The van der Waals surface area contributed by atoms with Crippen LogP contribution >= 0.6 is 0 Å². The predicted octanol–water partition coefficient (Wildman–Crippen LogP) is -2.16. The molecule has 6 aromatic heterocycles. The molecule has 6 rings (SSSR count). The van der Waals surface area contributed by atoms with E-state index in [4.69, 9.17) is 9.90 Å². The van der Waals surface area contributed by atoms with Gasteiger partial charge in [0, 0.05) is 47.1 Å². The Labute approximate surface area is 318 Å². The van der Waals surface area contributed by atoms with Gasteiger partial charge in [-0.25, -0.2) is 9.97 Å². The third kappa shape index (κ3) is 17.5. The first-order valence-electron chi connectivity index (χ1n) is 13.3. The Hall–Kier alpha value is -5.59. The van der Waals surface area contributed by atoms with Crippen LogP contribution in [0.2, 0.25) is 0 Å². The van der Waals surface area contributed by atoms with Crippen molar-refractivity contribution in [1.29, 1.82) is 0 Å². The van der Waals surface area contributed by atoms with Crippen molar-refractivity contribution in [2.24, 2.45) is 0 Å². The van der Waals surface area contributed by atoms with Crippen LogP contribution < -0.4 is 15.3 Å². The van der Waals surface area contributed by atoms with Gasteiger partial charge in [0.1, 0.15) is 0 Å². The van der Waals surface area contributed by atoms with Gasteiger partial charge in [-0.2, -0.15) is 10.4 Å². The van der Waals surface area contributed by atoms with Crippen LogP contribution in [0.15, 0.2) is 85.2 Å². The molecule has 6 aromatic rings. The minimum absolute atomic E-state index is 0. The van der Waals surface area contributed by atoms with E-state index in [1.54, 1.807) is 40.6 Å². The van der Waals surface area contributed by atoms with Crippen LogP contribution in [0.3, 0.4) is 0 Å². The number of hydrogen-bond donors (Lipinski definition) is 0. The maximum absolute atomic E-state index is 9.43. The summed E-state index contributed by atoms with van der Waals surface area (Å²) in [6.07, 6.45) is 4.96. The average molecular weight is 826 g/mol. The average Bonchev–Trinajstić information content (AvgIpc) is 3.87. The molecule has 0 aliphatic heterocycles. The molecule has 0 bridgehead atoms. The van der Waals surface area contributed by atoms with E-state index < -0.39 is 6.47 Å². The van der Waals surface area contributed by atoms with Crippen molar-refractivity contribution in [2.75, 3.05) is 28.2 Å². The van der Waals surface area contributed by atoms with E-state index in [1.807, 2.05) is 72.8 Å². The van der Waals surface area contributed by atoms with Crippen LogP contribution in [-0.4, -0.2) is 108 Å². The Balaban J connectivity index is 0. The quantitative estimate of drug-likeness (QED) is 0.128. The fraction of sp³-hybridized carbons (Fsp3) is 0.138. The molecule has 21 heteroatoms. The first-order chi connectivity index (χ1) is 22.8. The first kappa shape index (κ1) is 46.5. The smallest absolute Gasteiger partial charge is 0.554 e. The number of carbonyl (C=O) groups is 3. The first-order valence-corrected chi connectivity index (χ1v) is 13.3. The van der Waals surface area contributed by atoms with Gasteiger partial charge in [-0.3, -0.25) is 40.2 Å². The second kappa shape index (κ2) is 27.4. The largest absolute Gasteiger partial charge is 3.00 e. The standard InChI is InChI=1S/2C11H7N6.2C3H7NO.CH2O2.2H2O.Sm/c2*1-2-7-12-8(4-1)9-5-3-6-10(13-9)11-14-16-17-15-11;2*1-4(2)3-5;2-1-3;;;/h2*1-7H;2*3H,1-2H3;1H,(H,2,3);2*1H2;/q2*-1;;;;;;+3/p+1. The molecule has 0 aliphatic carbocycles. The molecule has 0 saturated carbocycles. The molecule has 0 fully saturated rings. The van der Waals surface area contributed by atoms with Gasteiger partial charge in [-0.15, -0.1) is 0 Å². The van der Waals surface area contributed by atoms with Gasteiger partial charge < -0.3 is 40.9 Å². The molecule has 2 amide bonds. The molecule has 0 spiro atoms. The van der Waals surface area contributed by atoms with Crippen molar-refractivity contribution >= 4 is 19.3 Å². The summed E-state index contributed by atoms with van der Waals surface area (Å²) >= 11 is 0. The fourth-order valence-corrected chi connectivity index (χ4v) is 2.93. The van der Waals surface area contributed by atoms with E-state index >= 15 is 0 Å². The van der Waals surface area contributed by atoms with E-state index in [9.17, 15) is 9.59 Å². The summed E-state index contributed by atoms with van der Waals surface area (Å²) < 4.78 is 0. The predicted molar refractivity (Wildman–Crippen MR) is 175 cm³/mol. The summed E-state index contributed by atoms with van der Waals surface area (Å²) in [6, 6.07) is 22.5. The molecule has 1 radical (unpaired) electrons. The second-order valence-corrected chi connectivity index (χ2v) is 8.89. The zero-order valence-electron chi connectivity index (χ0n) is 27.3. The SMILES string of the molecule is CN(C)C=O.CN(C)C=O.O=C[O-].[OH3+].[OH3+].[Sm+3].c1ccc(-c2cccc(-c3nnn[n-]3)n2)nc1.c1ccc(-c2cccc(-c3nnn[n-]3)n2)nc1. The molecule has 0 aromatic carbocycles. The second-order valence-electron chi connectivity index (χ2n) is 8.89. The molecule has 6 N–H and O–H groups in total. The molecule has 6 heterocycles. The van der Waals surface area contributed by atoms with Crippen molar-refractivity contribution in [3.63, 3.8) is 0 Å². The number of tetrazole rings is 2. The minimum Gasteiger partial charge on any atom is -0.554 e. The summed E-state index contributed by atoms with van der Waals surface area (Å²) in [7, 11) is 6.75. The Kier molecular flexibility index (Phi) is 25.5. The Bertz CT molecular complexity index is 1590. The molecule has 0 aliphatic rings. The third-order valence-electron chi connectivity index (χ3n) is 4.87. The van der Waals surface area contributed by atoms with E-state index in [1.165, 1.54) is 9.80 Å². The van der Waals surface area contributed by atoms with Crippen LogP contribution in [0.25, 0.3) is 45.8 Å². The number of amides is 2. The molecular formula is C29H35N14O6Sm+2. The minimum atomic E-state index is -0.500. The van der Waals surface area contributed by atoms with Crippen molar-refractivity contribution in [1.82, 2.24) is 71.0 Å². The summed E-state index contributed by atoms with van der Waals surface area (Å²) in [5, 5.41) is 37.1. The van der Waals surface area contributed by atoms with Crippen molar-refractivity contribution in [2.45, 2.75) is 0 Å². The zero-order valence-corrected chi connectivity index (χ0v) is 29.9. The van der Waals surface area contributed by atoms with Gasteiger partial charge in [0.15, 0.2) is 0 Å².